The standard InChI is InChI=1S/C14H17N3O2/c1-8-5-13-15-7-12-11(9(2)19)6-10(3-4-18)14(12)17(13)16-8/h5,7,10-11,18H,3-4,6H2,1-2H3. The average Bonchev–Trinajstić information content (AvgIpc) is 2.89. The topological polar surface area (TPSA) is 67.5 Å². The first-order valence-electron chi connectivity index (χ1n) is 6.58. The summed E-state index contributed by atoms with van der Waals surface area (Å²) in [5, 5.41) is 13.7. The van der Waals surface area contributed by atoms with Crippen molar-refractivity contribution < 1.29 is 9.90 Å². The van der Waals surface area contributed by atoms with E-state index in [-0.39, 0.29) is 24.2 Å². The molecular weight excluding hydrogens is 242 g/mol. The number of carbonyl (C=O) groups excluding carboxylic acids is 1. The second-order valence-electron chi connectivity index (χ2n) is 5.26. The van der Waals surface area contributed by atoms with Crippen molar-refractivity contribution in [3.63, 3.8) is 0 Å². The summed E-state index contributed by atoms with van der Waals surface area (Å²) in [5.74, 6) is 0.235. The van der Waals surface area contributed by atoms with Gasteiger partial charge in [-0.15, -0.1) is 0 Å². The third-order valence-corrected chi connectivity index (χ3v) is 3.92. The van der Waals surface area contributed by atoms with Gasteiger partial charge in [0, 0.05) is 36.3 Å². The van der Waals surface area contributed by atoms with E-state index in [1.165, 1.54) is 0 Å². The lowest BCUT2D eigenvalue weighted by molar-refractivity contribution is -0.118. The number of rotatable bonds is 3. The van der Waals surface area contributed by atoms with Crippen LogP contribution in [0.15, 0.2) is 12.3 Å². The average molecular weight is 259 g/mol. The van der Waals surface area contributed by atoms with Gasteiger partial charge in [-0.05, 0) is 26.7 Å². The summed E-state index contributed by atoms with van der Waals surface area (Å²) in [7, 11) is 0. The molecule has 0 aliphatic heterocycles. The smallest absolute Gasteiger partial charge is 0.155 e. The number of fused-ring (bicyclic) bond motifs is 3. The predicted molar refractivity (Wildman–Crippen MR) is 70.2 cm³/mol. The van der Waals surface area contributed by atoms with Crippen molar-refractivity contribution >= 4 is 11.4 Å². The van der Waals surface area contributed by atoms with Crippen molar-refractivity contribution in [2.75, 3.05) is 6.61 Å². The number of ketones is 1. The van der Waals surface area contributed by atoms with Crippen molar-refractivity contribution in [2.24, 2.45) is 0 Å². The van der Waals surface area contributed by atoms with Crippen LogP contribution in [0.5, 0.6) is 0 Å². The number of nitrogens with zero attached hydrogens (tertiary/aromatic N) is 3. The highest BCUT2D eigenvalue weighted by Crippen LogP contribution is 2.43. The van der Waals surface area contributed by atoms with Gasteiger partial charge in [-0.25, -0.2) is 9.50 Å². The second kappa shape index (κ2) is 4.42. The van der Waals surface area contributed by atoms with Crippen LogP contribution in [-0.4, -0.2) is 32.1 Å². The van der Waals surface area contributed by atoms with Crippen molar-refractivity contribution in [3.8, 4) is 0 Å². The molecule has 0 amide bonds. The molecule has 3 rings (SSSR count). The van der Waals surface area contributed by atoms with Gasteiger partial charge in [0.15, 0.2) is 5.65 Å². The number of aryl methyl sites for hydroxylation is 1. The Kier molecular flexibility index (Phi) is 2.86. The molecule has 1 aliphatic rings. The van der Waals surface area contributed by atoms with Crippen molar-refractivity contribution in [1.82, 2.24) is 14.6 Å². The summed E-state index contributed by atoms with van der Waals surface area (Å²) >= 11 is 0. The molecular formula is C14H17N3O2. The zero-order valence-corrected chi connectivity index (χ0v) is 11.1. The summed E-state index contributed by atoms with van der Waals surface area (Å²) in [4.78, 5) is 16.2. The van der Waals surface area contributed by atoms with Gasteiger partial charge in [0.1, 0.15) is 5.78 Å². The highest BCUT2D eigenvalue weighted by atomic mass is 16.3. The first kappa shape index (κ1) is 12.3. The van der Waals surface area contributed by atoms with Gasteiger partial charge in [0.2, 0.25) is 0 Å². The van der Waals surface area contributed by atoms with Gasteiger partial charge < -0.3 is 5.11 Å². The van der Waals surface area contributed by atoms with E-state index < -0.39 is 0 Å². The van der Waals surface area contributed by atoms with E-state index in [1.54, 1.807) is 13.1 Å². The quantitative estimate of drug-likeness (QED) is 0.908. The van der Waals surface area contributed by atoms with Crippen molar-refractivity contribution in [2.45, 2.75) is 38.5 Å². The Bertz CT molecular complexity index is 647. The van der Waals surface area contributed by atoms with E-state index in [2.05, 4.69) is 10.1 Å². The van der Waals surface area contributed by atoms with Crippen LogP contribution in [0, 0.1) is 6.92 Å². The second-order valence-corrected chi connectivity index (χ2v) is 5.26. The van der Waals surface area contributed by atoms with E-state index in [0.717, 1.165) is 29.0 Å². The maximum absolute atomic E-state index is 11.8. The fourth-order valence-electron chi connectivity index (χ4n) is 3.07. The Labute approximate surface area is 111 Å². The fraction of sp³-hybridized carbons (Fsp3) is 0.500. The molecule has 1 N–H and O–H groups in total. The molecule has 2 unspecified atom stereocenters. The van der Waals surface area contributed by atoms with Gasteiger partial charge >= 0.3 is 0 Å². The molecule has 1 aliphatic carbocycles. The van der Waals surface area contributed by atoms with Crippen molar-refractivity contribution in [1.29, 1.82) is 0 Å². The number of hydrogen-bond donors (Lipinski definition) is 1. The number of aliphatic hydroxyl groups excluding tert-OH is 1. The summed E-state index contributed by atoms with van der Waals surface area (Å²) in [6, 6.07) is 1.93. The van der Waals surface area contributed by atoms with Gasteiger partial charge in [-0.1, -0.05) is 0 Å². The minimum atomic E-state index is -0.104. The van der Waals surface area contributed by atoms with Crippen LogP contribution < -0.4 is 0 Å². The molecule has 2 heterocycles. The number of hydrogen-bond acceptors (Lipinski definition) is 4. The molecule has 0 saturated heterocycles. The minimum Gasteiger partial charge on any atom is -0.396 e. The molecule has 2 aromatic rings. The molecule has 0 spiro atoms. The van der Waals surface area contributed by atoms with E-state index in [9.17, 15) is 9.90 Å². The van der Waals surface area contributed by atoms with Crippen LogP contribution >= 0.6 is 0 Å². The molecule has 0 radical (unpaired) electrons. The van der Waals surface area contributed by atoms with Crippen LogP contribution in [0.1, 0.15) is 48.6 Å². The zero-order valence-electron chi connectivity index (χ0n) is 11.1. The minimum absolute atomic E-state index is 0.104. The van der Waals surface area contributed by atoms with Crippen LogP contribution in [0.4, 0.5) is 0 Å². The van der Waals surface area contributed by atoms with Gasteiger partial charge in [0.25, 0.3) is 0 Å². The lowest BCUT2D eigenvalue weighted by Crippen LogP contribution is -2.06. The van der Waals surface area contributed by atoms with E-state index >= 15 is 0 Å². The molecule has 0 bridgehead atoms. The molecule has 100 valence electrons. The highest BCUT2D eigenvalue weighted by molar-refractivity contribution is 5.84. The SMILES string of the molecule is CC(=O)C1CC(CCO)c2c1cnc1cc(C)nn21. The van der Waals surface area contributed by atoms with Crippen LogP contribution in [-0.2, 0) is 4.79 Å². The Morgan fingerprint density at radius 2 is 2.37 bits per heavy atom. The third-order valence-electron chi connectivity index (χ3n) is 3.92. The van der Waals surface area contributed by atoms with Gasteiger partial charge in [-0.3, -0.25) is 4.79 Å². The maximum atomic E-state index is 11.8. The van der Waals surface area contributed by atoms with E-state index in [4.69, 9.17) is 0 Å². The molecule has 0 aromatic carbocycles. The number of carbonyl (C=O) groups is 1. The molecule has 2 aromatic heterocycles. The normalized spacial score (nSPS) is 21.8. The van der Waals surface area contributed by atoms with Gasteiger partial charge in [-0.2, -0.15) is 5.10 Å². The molecule has 5 heteroatoms. The molecule has 2 atom stereocenters. The van der Waals surface area contributed by atoms with Gasteiger partial charge in [0.05, 0.1) is 11.4 Å². The van der Waals surface area contributed by atoms with Crippen molar-refractivity contribution in [3.05, 3.63) is 29.2 Å². The van der Waals surface area contributed by atoms with Crippen LogP contribution in [0.3, 0.4) is 0 Å². The molecule has 0 fully saturated rings. The maximum Gasteiger partial charge on any atom is 0.155 e. The number of aliphatic hydroxyl groups is 1. The summed E-state index contributed by atoms with van der Waals surface area (Å²) in [5.41, 5.74) is 3.74. The Morgan fingerprint density at radius 3 is 3.05 bits per heavy atom. The molecule has 19 heavy (non-hydrogen) atoms. The largest absolute Gasteiger partial charge is 0.396 e. The van der Waals surface area contributed by atoms with Crippen LogP contribution in [0.25, 0.3) is 5.65 Å². The lowest BCUT2D eigenvalue weighted by Gasteiger charge is -2.10. The van der Waals surface area contributed by atoms with Crippen LogP contribution in [0.2, 0.25) is 0 Å². The summed E-state index contributed by atoms with van der Waals surface area (Å²) in [6.07, 6.45) is 3.22. The Balaban J connectivity index is 2.21. The number of aromatic nitrogens is 3. The first-order chi connectivity index (χ1) is 9.11. The molecule has 0 saturated carbocycles. The highest BCUT2D eigenvalue weighted by Gasteiger charge is 2.36. The summed E-state index contributed by atoms with van der Waals surface area (Å²) < 4.78 is 1.84. The summed E-state index contributed by atoms with van der Waals surface area (Å²) in [6.45, 7) is 3.67. The first-order valence-corrected chi connectivity index (χ1v) is 6.58. The Hall–Kier alpha value is -1.75. The number of Topliss-reactive ketones (excluding diaryl/α,β-unsaturated/α-hetero) is 1. The molecule has 5 nitrogen and oxygen atoms in total. The third kappa shape index (κ3) is 1.85. The predicted octanol–water partition coefficient (Wildman–Crippen LogP) is 1.58. The lowest BCUT2D eigenvalue weighted by atomic mass is 9.97. The fourth-order valence-corrected chi connectivity index (χ4v) is 3.07. The monoisotopic (exact) mass is 259 g/mol. The Morgan fingerprint density at radius 1 is 1.58 bits per heavy atom. The van der Waals surface area contributed by atoms with E-state index in [0.29, 0.717) is 6.42 Å². The van der Waals surface area contributed by atoms with E-state index in [1.807, 2.05) is 17.5 Å². The zero-order chi connectivity index (χ0) is 13.6.